The van der Waals surface area contributed by atoms with Gasteiger partial charge in [-0.2, -0.15) is 0 Å². The highest BCUT2D eigenvalue weighted by Gasteiger charge is 2.23. The second-order valence-electron chi connectivity index (χ2n) is 4.17. The lowest BCUT2D eigenvalue weighted by atomic mass is 10.2. The Hall–Kier alpha value is -2.71. The van der Waals surface area contributed by atoms with Gasteiger partial charge in [0, 0.05) is 6.07 Å². The Bertz CT molecular complexity index is 591. The van der Waals surface area contributed by atoms with Crippen LogP contribution in [0, 0.1) is 18.6 Å². The molecule has 1 atom stereocenters. The summed E-state index contributed by atoms with van der Waals surface area (Å²) < 4.78 is 26.7. The standard InChI is InChI=1S/C12H12F2N2O5/c1-5-2-7(14)8(3-6(5)13)15-12(21)16-9(11(19)20)4-10(17)18/h2-3,9H,4H2,1H3,(H,17,18)(H,19,20)(H2,15,16,21)/t9-/m1/s1. The Kier molecular flexibility index (Phi) is 5.17. The Morgan fingerprint density at radius 3 is 2.33 bits per heavy atom. The summed E-state index contributed by atoms with van der Waals surface area (Å²) in [7, 11) is 0. The van der Waals surface area contributed by atoms with Gasteiger partial charge >= 0.3 is 18.0 Å². The highest BCUT2D eigenvalue weighted by Crippen LogP contribution is 2.18. The Labute approximate surface area is 117 Å². The Balaban J connectivity index is 2.79. The fourth-order valence-corrected chi connectivity index (χ4v) is 1.43. The van der Waals surface area contributed by atoms with Crippen LogP contribution < -0.4 is 10.6 Å². The zero-order valence-electron chi connectivity index (χ0n) is 10.8. The van der Waals surface area contributed by atoms with E-state index < -0.39 is 47.8 Å². The summed E-state index contributed by atoms with van der Waals surface area (Å²) in [5.74, 6) is -4.67. The summed E-state index contributed by atoms with van der Waals surface area (Å²) in [6, 6.07) is -1.26. The number of carboxylic acid groups (broad SMARTS) is 2. The van der Waals surface area contributed by atoms with Crippen molar-refractivity contribution in [2.45, 2.75) is 19.4 Å². The Morgan fingerprint density at radius 2 is 1.81 bits per heavy atom. The second kappa shape index (κ2) is 6.64. The molecule has 9 heteroatoms. The first-order valence-electron chi connectivity index (χ1n) is 5.68. The number of amides is 2. The fraction of sp³-hybridized carbons (Fsp3) is 0.250. The number of aryl methyl sites for hydroxylation is 1. The molecule has 0 bridgehead atoms. The van der Waals surface area contributed by atoms with Crippen LogP contribution in [-0.2, 0) is 9.59 Å². The van der Waals surface area contributed by atoms with Crippen LogP contribution >= 0.6 is 0 Å². The lowest BCUT2D eigenvalue weighted by Gasteiger charge is -2.14. The van der Waals surface area contributed by atoms with Crippen molar-refractivity contribution in [2.75, 3.05) is 5.32 Å². The molecule has 21 heavy (non-hydrogen) atoms. The zero-order valence-corrected chi connectivity index (χ0v) is 10.8. The first kappa shape index (κ1) is 16.3. The molecule has 0 aliphatic carbocycles. The van der Waals surface area contributed by atoms with Crippen molar-refractivity contribution in [3.63, 3.8) is 0 Å². The van der Waals surface area contributed by atoms with E-state index in [9.17, 15) is 23.2 Å². The molecule has 0 aliphatic rings. The number of carbonyl (C=O) groups excluding carboxylic acids is 1. The molecule has 0 aliphatic heterocycles. The van der Waals surface area contributed by atoms with Crippen LogP contribution in [0.15, 0.2) is 12.1 Å². The van der Waals surface area contributed by atoms with E-state index in [1.165, 1.54) is 6.92 Å². The predicted octanol–water partition coefficient (Wildman–Crippen LogP) is 1.32. The van der Waals surface area contributed by atoms with Gasteiger partial charge in [0.1, 0.15) is 17.7 Å². The maximum Gasteiger partial charge on any atom is 0.326 e. The molecule has 2 amide bonds. The third-order valence-electron chi connectivity index (χ3n) is 2.48. The monoisotopic (exact) mass is 302 g/mol. The van der Waals surface area contributed by atoms with E-state index in [0.29, 0.717) is 0 Å². The summed E-state index contributed by atoms with van der Waals surface area (Å²) in [5.41, 5.74) is -0.456. The van der Waals surface area contributed by atoms with Gasteiger partial charge in [0.05, 0.1) is 12.1 Å². The summed E-state index contributed by atoms with van der Waals surface area (Å²) in [5, 5.41) is 21.0. The van der Waals surface area contributed by atoms with Crippen molar-refractivity contribution in [2.24, 2.45) is 0 Å². The predicted molar refractivity (Wildman–Crippen MR) is 66.9 cm³/mol. The molecule has 0 unspecified atom stereocenters. The number of carboxylic acids is 2. The molecule has 0 aromatic heterocycles. The fourth-order valence-electron chi connectivity index (χ4n) is 1.43. The first-order chi connectivity index (χ1) is 9.70. The Morgan fingerprint density at radius 1 is 1.19 bits per heavy atom. The molecule has 0 heterocycles. The number of carbonyl (C=O) groups is 3. The van der Waals surface area contributed by atoms with Gasteiger partial charge < -0.3 is 20.8 Å². The van der Waals surface area contributed by atoms with Crippen LogP contribution in [-0.4, -0.2) is 34.2 Å². The van der Waals surface area contributed by atoms with Gasteiger partial charge in [-0.05, 0) is 18.6 Å². The number of nitrogens with one attached hydrogen (secondary N) is 2. The number of hydrogen-bond acceptors (Lipinski definition) is 3. The third-order valence-corrected chi connectivity index (χ3v) is 2.48. The van der Waals surface area contributed by atoms with Gasteiger partial charge in [0.15, 0.2) is 0 Å². The summed E-state index contributed by atoms with van der Waals surface area (Å²) in [6.07, 6.45) is -0.854. The molecule has 0 fully saturated rings. The van der Waals surface area contributed by atoms with Crippen molar-refractivity contribution in [3.8, 4) is 0 Å². The van der Waals surface area contributed by atoms with Crippen molar-refractivity contribution in [1.82, 2.24) is 5.32 Å². The molecular formula is C12H12F2N2O5. The van der Waals surface area contributed by atoms with Crippen LogP contribution in [0.5, 0.6) is 0 Å². The van der Waals surface area contributed by atoms with E-state index in [4.69, 9.17) is 10.2 Å². The molecule has 1 rings (SSSR count). The number of anilines is 1. The van der Waals surface area contributed by atoms with E-state index in [-0.39, 0.29) is 5.56 Å². The number of urea groups is 1. The summed E-state index contributed by atoms with van der Waals surface area (Å²) >= 11 is 0. The SMILES string of the molecule is Cc1cc(F)c(NC(=O)N[C@H](CC(=O)O)C(=O)O)cc1F. The number of halogens is 2. The molecule has 0 spiro atoms. The molecule has 0 radical (unpaired) electrons. The average molecular weight is 302 g/mol. The quantitative estimate of drug-likeness (QED) is 0.654. The minimum atomic E-state index is -1.69. The molecule has 114 valence electrons. The maximum atomic E-state index is 13.5. The van der Waals surface area contributed by atoms with Gasteiger partial charge in [-0.25, -0.2) is 18.4 Å². The third kappa shape index (κ3) is 4.71. The topological polar surface area (TPSA) is 116 Å². The van der Waals surface area contributed by atoms with Crippen LogP contribution in [0.4, 0.5) is 19.3 Å². The minimum Gasteiger partial charge on any atom is -0.481 e. The van der Waals surface area contributed by atoms with Crippen molar-refractivity contribution >= 4 is 23.7 Å². The van der Waals surface area contributed by atoms with Crippen molar-refractivity contribution in [1.29, 1.82) is 0 Å². The van der Waals surface area contributed by atoms with E-state index >= 15 is 0 Å². The van der Waals surface area contributed by atoms with Crippen molar-refractivity contribution < 1.29 is 33.4 Å². The molecule has 4 N–H and O–H groups in total. The highest BCUT2D eigenvalue weighted by atomic mass is 19.1. The maximum absolute atomic E-state index is 13.5. The molecule has 1 aromatic rings. The molecule has 0 saturated heterocycles. The summed E-state index contributed by atoms with van der Waals surface area (Å²) in [6.45, 7) is 1.33. The number of benzene rings is 1. The molecule has 7 nitrogen and oxygen atoms in total. The van der Waals surface area contributed by atoms with Gasteiger partial charge in [-0.3, -0.25) is 4.79 Å². The molecular weight excluding hydrogens is 290 g/mol. The molecule has 1 aromatic carbocycles. The van der Waals surface area contributed by atoms with Crippen LogP contribution in [0.2, 0.25) is 0 Å². The largest absolute Gasteiger partial charge is 0.481 e. The minimum absolute atomic E-state index is 0.0350. The van der Waals surface area contributed by atoms with Crippen LogP contribution in [0.3, 0.4) is 0 Å². The van der Waals surface area contributed by atoms with E-state index in [1.807, 2.05) is 10.6 Å². The number of hydrogen-bond donors (Lipinski definition) is 4. The van der Waals surface area contributed by atoms with Gasteiger partial charge in [-0.15, -0.1) is 0 Å². The molecule has 0 saturated carbocycles. The van der Waals surface area contributed by atoms with Crippen LogP contribution in [0.25, 0.3) is 0 Å². The van der Waals surface area contributed by atoms with E-state index in [0.717, 1.165) is 12.1 Å². The van der Waals surface area contributed by atoms with Crippen molar-refractivity contribution in [3.05, 3.63) is 29.3 Å². The van der Waals surface area contributed by atoms with Gasteiger partial charge in [0.2, 0.25) is 0 Å². The highest BCUT2D eigenvalue weighted by molar-refractivity contribution is 5.93. The average Bonchev–Trinajstić information content (AvgIpc) is 2.34. The smallest absolute Gasteiger partial charge is 0.326 e. The van der Waals surface area contributed by atoms with E-state index in [2.05, 4.69) is 0 Å². The van der Waals surface area contributed by atoms with E-state index in [1.54, 1.807) is 0 Å². The zero-order chi connectivity index (χ0) is 16.2. The van der Waals surface area contributed by atoms with Gasteiger partial charge in [-0.1, -0.05) is 0 Å². The second-order valence-corrected chi connectivity index (χ2v) is 4.17. The lowest BCUT2D eigenvalue weighted by molar-refractivity contribution is -0.145. The number of rotatable bonds is 5. The van der Waals surface area contributed by atoms with Crippen LogP contribution in [0.1, 0.15) is 12.0 Å². The number of aliphatic carboxylic acids is 2. The lowest BCUT2D eigenvalue weighted by Crippen LogP contribution is -2.44. The first-order valence-corrected chi connectivity index (χ1v) is 5.68. The van der Waals surface area contributed by atoms with Gasteiger partial charge in [0.25, 0.3) is 0 Å². The normalized spacial score (nSPS) is 11.6. The summed E-state index contributed by atoms with van der Waals surface area (Å²) in [4.78, 5) is 32.7.